The Bertz CT molecular complexity index is 9.65. The average molecular weight is 282 g/mol. The van der Waals surface area contributed by atoms with E-state index in [-0.39, 0.29) is 101 Å². The molecule has 0 aliphatic carbocycles. The topological polar surface area (TPSA) is 0 Å². The molecule has 0 aromatic rings. The molecule has 0 unspecified atom stereocenters. The quantitative estimate of drug-likeness (QED) is 0.472. The zero-order valence-corrected chi connectivity index (χ0v) is 12.8. The summed E-state index contributed by atoms with van der Waals surface area (Å²) >= 11 is 0. The smallest absolute Gasteiger partial charge is 0 e. The molecule has 0 saturated heterocycles. The Kier molecular flexibility index (Phi) is 1380. The van der Waals surface area contributed by atoms with Crippen molar-refractivity contribution in [1.29, 1.82) is 0 Å². The molecule has 0 amide bonds. The van der Waals surface area contributed by atoms with E-state index in [1.54, 1.807) is 0 Å². The van der Waals surface area contributed by atoms with Crippen LogP contribution in [0.4, 0.5) is 0 Å². The molecule has 7 heavy (non-hydrogen) atoms. The fraction of sp³-hybridized carbons (Fsp3) is 0.500. The molecule has 0 saturated carbocycles. The van der Waals surface area contributed by atoms with Crippen molar-refractivity contribution in [3.05, 3.63) is 14.9 Å². The van der Waals surface area contributed by atoms with Crippen molar-refractivity contribution in [1.82, 2.24) is 0 Å². The van der Waals surface area contributed by atoms with Crippen LogP contribution in [0.2, 0.25) is 0 Å². The van der Waals surface area contributed by atoms with Gasteiger partial charge in [0.15, 0.2) is 0 Å². The van der Waals surface area contributed by atoms with E-state index in [0.29, 0.717) is 0 Å². The van der Waals surface area contributed by atoms with E-state index < -0.39 is 0 Å². The summed E-state index contributed by atoms with van der Waals surface area (Å²) in [6.45, 7) is 0. The van der Waals surface area contributed by atoms with E-state index in [1.807, 2.05) is 0 Å². The van der Waals surface area contributed by atoms with Crippen molar-refractivity contribution in [3.63, 3.8) is 0 Å². The molecule has 0 aromatic carbocycles. The second-order valence-corrected chi connectivity index (χ2v) is 0. The fourth-order valence-electron chi connectivity index (χ4n) is 0. The zero-order chi connectivity index (χ0) is 0. The molecule has 1 radical (unpaired) electrons. The Labute approximate surface area is 100 Å². The molecule has 0 nitrogen and oxygen atoms in total. The number of hydrogen-bond acceptors (Lipinski definition) is 0. The Morgan fingerprint density at radius 2 is 0.571 bits per heavy atom. The summed E-state index contributed by atoms with van der Waals surface area (Å²) in [6.07, 6.45) is 0. The van der Waals surface area contributed by atoms with Gasteiger partial charge < -0.3 is 14.9 Å². The summed E-state index contributed by atoms with van der Waals surface area (Å²) in [5, 5.41) is 0. The third kappa shape index (κ3) is 61.0. The van der Waals surface area contributed by atoms with E-state index in [9.17, 15) is 0 Å². The van der Waals surface area contributed by atoms with E-state index in [4.69, 9.17) is 0 Å². The summed E-state index contributed by atoms with van der Waals surface area (Å²) in [6, 6.07) is 0. The van der Waals surface area contributed by atoms with Gasteiger partial charge in [-0.3, -0.25) is 0 Å². The molecule has 0 N–H and O–H groups in total. The first-order valence-corrected chi connectivity index (χ1v) is 0. The van der Waals surface area contributed by atoms with Crippen LogP contribution < -0.4 is 0 Å². The molecule has 0 aliphatic heterocycles. The third-order valence-corrected chi connectivity index (χ3v) is 0. The van der Waals surface area contributed by atoms with Gasteiger partial charge in [-0.25, -0.2) is 0 Å². The average Bonchev–Trinajstić information content (AvgIpc) is 0. The van der Waals surface area contributed by atoms with Crippen molar-refractivity contribution in [2.24, 2.45) is 0 Å². The summed E-state index contributed by atoms with van der Waals surface area (Å²) in [4.78, 5) is 0. The predicted octanol–water partition coefficient (Wildman–Crippen LogP) is 2.17. The van der Waals surface area contributed by atoms with Crippen molar-refractivity contribution in [3.8, 4) is 0 Å². The number of rotatable bonds is 0. The van der Waals surface area contributed by atoms with Crippen LogP contribution in [0.3, 0.4) is 0 Å². The van der Waals surface area contributed by atoms with Gasteiger partial charge in [0.2, 0.25) is 0 Å². The van der Waals surface area contributed by atoms with Crippen LogP contribution in [-0.2, 0) is 71.7 Å². The molecule has 0 rings (SSSR count). The maximum atomic E-state index is 0. The molecule has 0 atom stereocenters. The molecule has 0 aromatic heterocycles. The van der Waals surface area contributed by atoms with Crippen molar-refractivity contribution < 1.29 is 71.7 Å². The largest absolute Gasteiger partial charge is 0.358 e. The van der Waals surface area contributed by atoms with Gasteiger partial charge in [0.05, 0.1) is 0 Å². The minimum atomic E-state index is 0. The van der Waals surface area contributed by atoms with E-state index >= 15 is 0 Å². The van der Waals surface area contributed by atoms with Crippen LogP contribution in [0.1, 0.15) is 14.9 Å². The standard InChI is InChI=1S/2CH4.2CH3.Y.2Zn/h2*1H4;2*1H3;;;/q;;2*-1;;;. The van der Waals surface area contributed by atoms with Gasteiger partial charge in [0.25, 0.3) is 0 Å². The second kappa shape index (κ2) is 81.7. The predicted molar refractivity (Wildman–Crippen MR) is 26.3 cm³/mol. The molecular weight excluding hydrogens is 268 g/mol. The molecule has 0 fully saturated rings. The van der Waals surface area contributed by atoms with Gasteiger partial charge in [-0.2, -0.15) is 0 Å². The third-order valence-electron chi connectivity index (χ3n) is 0. The van der Waals surface area contributed by atoms with Gasteiger partial charge in [-0.1, -0.05) is 14.9 Å². The van der Waals surface area contributed by atoms with Crippen molar-refractivity contribution in [2.45, 2.75) is 14.9 Å². The Morgan fingerprint density at radius 1 is 0.571 bits per heavy atom. The summed E-state index contributed by atoms with van der Waals surface area (Å²) in [5.41, 5.74) is 0. The maximum Gasteiger partial charge on any atom is 0 e. The summed E-state index contributed by atoms with van der Waals surface area (Å²) < 4.78 is 0. The maximum absolute atomic E-state index is 0. The molecule has 0 heterocycles. The summed E-state index contributed by atoms with van der Waals surface area (Å²) in [5.74, 6) is 0. The Balaban J connectivity index is 0. The first-order chi connectivity index (χ1) is 0. The van der Waals surface area contributed by atoms with Crippen LogP contribution >= 0.6 is 0 Å². The zero-order valence-electron chi connectivity index (χ0n) is 3.99. The minimum Gasteiger partial charge on any atom is -0.358 e. The van der Waals surface area contributed by atoms with Crippen LogP contribution in [-0.4, -0.2) is 0 Å². The molecule has 0 bridgehead atoms. The van der Waals surface area contributed by atoms with E-state index in [1.165, 1.54) is 0 Å². The van der Waals surface area contributed by atoms with Crippen molar-refractivity contribution in [2.75, 3.05) is 0 Å². The number of hydrogen-bond donors (Lipinski definition) is 0. The molecule has 39 valence electrons. The Morgan fingerprint density at radius 3 is 0.571 bits per heavy atom. The van der Waals surface area contributed by atoms with Gasteiger partial charge >= 0.3 is 0 Å². The van der Waals surface area contributed by atoms with Crippen LogP contribution in [0.15, 0.2) is 0 Å². The van der Waals surface area contributed by atoms with Gasteiger partial charge in [-0.15, -0.1) is 0 Å². The monoisotopic (exact) mass is 279 g/mol. The van der Waals surface area contributed by atoms with Crippen LogP contribution in [0.25, 0.3) is 0 Å². The van der Waals surface area contributed by atoms with Crippen molar-refractivity contribution >= 4 is 0 Å². The van der Waals surface area contributed by atoms with Gasteiger partial charge in [0, 0.05) is 71.7 Å². The van der Waals surface area contributed by atoms with Crippen LogP contribution in [0.5, 0.6) is 0 Å². The van der Waals surface area contributed by atoms with Gasteiger partial charge in [0.1, 0.15) is 0 Å². The van der Waals surface area contributed by atoms with E-state index in [0.717, 1.165) is 0 Å². The molecular formula is C4H14YZn2-2. The first-order valence-electron chi connectivity index (χ1n) is 0. The molecule has 0 aliphatic rings. The normalized spacial score (nSPS) is 0. The first kappa shape index (κ1) is 118. The molecule has 0 spiro atoms. The summed E-state index contributed by atoms with van der Waals surface area (Å²) in [7, 11) is 0. The second-order valence-electron chi connectivity index (χ2n) is 0. The van der Waals surface area contributed by atoms with Gasteiger partial charge in [-0.05, 0) is 0 Å². The van der Waals surface area contributed by atoms with Crippen LogP contribution in [0, 0.1) is 14.9 Å². The SMILES string of the molecule is C.C.[CH3-].[CH3-].[Y].[Zn].[Zn]. The fourth-order valence-corrected chi connectivity index (χ4v) is 0. The van der Waals surface area contributed by atoms with E-state index in [2.05, 4.69) is 0 Å². The minimum absolute atomic E-state index is 0. The molecule has 3 heteroatoms. The Hall–Kier alpha value is 2.35.